The van der Waals surface area contributed by atoms with Crippen LogP contribution in [0.5, 0.6) is 0 Å². The Kier molecular flexibility index (Phi) is 6.11. The molecule has 2 aromatic carbocycles. The van der Waals surface area contributed by atoms with Crippen molar-refractivity contribution in [3.8, 4) is 11.8 Å². The van der Waals surface area contributed by atoms with Crippen molar-refractivity contribution < 1.29 is 0 Å². The molecule has 1 atom stereocenters. The van der Waals surface area contributed by atoms with Crippen LogP contribution in [-0.2, 0) is 6.42 Å². The predicted octanol–water partition coefficient (Wildman–Crippen LogP) is 3.16. The topological polar surface area (TPSA) is 149 Å². The molecule has 166 valence electrons. The van der Waals surface area contributed by atoms with E-state index in [0.717, 1.165) is 0 Å². The average Bonchev–Trinajstić information content (AvgIpc) is 2.78. The van der Waals surface area contributed by atoms with Crippen LogP contribution < -0.4 is 22.3 Å². The molecule has 9 nitrogen and oxygen atoms in total. The molecule has 0 amide bonds. The fourth-order valence-corrected chi connectivity index (χ4v) is 3.86. The summed E-state index contributed by atoms with van der Waals surface area (Å²) in [5.74, 6) is 0.872. The number of hydrogen-bond donors (Lipinski definition) is 3. The third kappa shape index (κ3) is 4.42. The Labute approximate surface area is 194 Å². The van der Waals surface area contributed by atoms with Gasteiger partial charge in [-0.2, -0.15) is 15.2 Å². The molecule has 0 aliphatic rings. The largest absolute Gasteiger partial charge is 0.382 e. The van der Waals surface area contributed by atoms with Crippen LogP contribution >= 0.6 is 11.6 Å². The summed E-state index contributed by atoms with van der Waals surface area (Å²) in [4.78, 5) is 26.1. The van der Waals surface area contributed by atoms with Crippen LogP contribution in [0, 0.1) is 17.2 Å². The van der Waals surface area contributed by atoms with Crippen molar-refractivity contribution in [2.45, 2.75) is 13.3 Å². The lowest BCUT2D eigenvalue weighted by Crippen LogP contribution is -2.26. The maximum absolute atomic E-state index is 13.4. The highest BCUT2D eigenvalue weighted by atomic mass is 35.5. The van der Waals surface area contributed by atoms with Crippen molar-refractivity contribution in [3.05, 3.63) is 75.3 Å². The van der Waals surface area contributed by atoms with Crippen molar-refractivity contribution in [1.29, 1.82) is 5.26 Å². The Hall–Kier alpha value is -4.16. The number of benzene rings is 2. The molecule has 0 saturated carbocycles. The maximum Gasteiger partial charge on any atom is 0.267 e. The van der Waals surface area contributed by atoms with E-state index in [2.05, 4.69) is 15.3 Å². The fourth-order valence-electron chi connectivity index (χ4n) is 3.60. The number of nitrogens with one attached hydrogen (secondary N) is 1. The fraction of sp³-hybridized carbons (Fsp3) is 0.174. The summed E-state index contributed by atoms with van der Waals surface area (Å²) >= 11 is 6.33. The summed E-state index contributed by atoms with van der Waals surface area (Å²) in [7, 11) is 0. The lowest BCUT2D eigenvalue weighted by atomic mass is 10.1. The number of anilines is 3. The van der Waals surface area contributed by atoms with Gasteiger partial charge < -0.3 is 16.8 Å². The first-order valence-corrected chi connectivity index (χ1v) is 10.6. The first kappa shape index (κ1) is 22.0. The van der Waals surface area contributed by atoms with Crippen LogP contribution in [0.4, 0.5) is 17.6 Å². The van der Waals surface area contributed by atoms with E-state index < -0.39 is 0 Å². The molecule has 0 bridgehead atoms. The molecule has 2 heterocycles. The Morgan fingerprint density at radius 3 is 2.61 bits per heavy atom. The SMILES string of the molecule is CC(CNc1nc(N)nc(N)c1C#N)Cc1nc2cccc(Cl)c2c(=O)n1-c1ccccc1. The van der Waals surface area contributed by atoms with Crippen molar-refractivity contribution >= 4 is 40.1 Å². The second-order valence-corrected chi connectivity index (χ2v) is 8.04. The first-order chi connectivity index (χ1) is 15.9. The van der Waals surface area contributed by atoms with Crippen LogP contribution in [0.2, 0.25) is 5.02 Å². The molecule has 0 saturated heterocycles. The number of nitrogen functional groups attached to an aromatic ring is 2. The number of fused-ring (bicyclic) bond motifs is 1. The molecular formula is C23H21ClN8O. The predicted molar refractivity (Wildman–Crippen MR) is 129 cm³/mol. The van der Waals surface area contributed by atoms with E-state index in [-0.39, 0.29) is 34.6 Å². The smallest absolute Gasteiger partial charge is 0.267 e. The van der Waals surface area contributed by atoms with Gasteiger partial charge in [0, 0.05) is 13.0 Å². The minimum absolute atomic E-state index is 0.00690. The zero-order chi connectivity index (χ0) is 23.5. The molecular weight excluding hydrogens is 440 g/mol. The van der Waals surface area contributed by atoms with Gasteiger partial charge in [-0.15, -0.1) is 0 Å². The molecule has 33 heavy (non-hydrogen) atoms. The van der Waals surface area contributed by atoms with Crippen LogP contribution in [0.3, 0.4) is 0 Å². The summed E-state index contributed by atoms with van der Waals surface area (Å²) in [6, 6.07) is 16.5. The number of para-hydroxylation sites is 1. The van der Waals surface area contributed by atoms with Gasteiger partial charge in [0.15, 0.2) is 5.82 Å². The van der Waals surface area contributed by atoms with Gasteiger partial charge >= 0.3 is 0 Å². The van der Waals surface area contributed by atoms with Gasteiger partial charge in [-0.25, -0.2) is 4.98 Å². The van der Waals surface area contributed by atoms with E-state index in [1.54, 1.807) is 22.8 Å². The van der Waals surface area contributed by atoms with Crippen LogP contribution in [0.15, 0.2) is 53.3 Å². The summed E-state index contributed by atoms with van der Waals surface area (Å²) in [5, 5.41) is 13.2. The third-order valence-corrected chi connectivity index (χ3v) is 5.46. The molecule has 0 fully saturated rings. The number of nitrogens with two attached hydrogens (primary N) is 2. The first-order valence-electron chi connectivity index (χ1n) is 10.2. The van der Waals surface area contributed by atoms with Crippen molar-refractivity contribution in [2.75, 3.05) is 23.3 Å². The Balaban J connectivity index is 1.69. The maximum atomic E-state index is 13.4. The highest BCUT2D eigenvalue weighted by Crippen LogP contribution is 2.22. The summed E-state index contributed by atoms with van der Waals surface area (Å²) in [6.07, 6.45) is 0.470. The zero-order valence-electron chi connectivity index (χ0n) is 17.8. The minimum Gasteiger partial charge on any atom is -0.382 e. The number of hydrogen-bond acceptors (Lipinski definition) is 8. The lowest BCUT2D eigenvalue weighted by molar-refractivity contribution is 0.577. The Morgan fingerprint density at radius 2 is 1.88 bits per heavy atom. The van der Waals surface area contributed by atoms with Crippen LogP contribution in [-0.4, -0.2) is 26.1 Å². The van der Waals surface area contributed by atoms with Gasteiger partial charge in [-0.3, -0.25) is 9.36 Å². The number of nitriles is 1. The zero-order valence-corrected chi connectivity index (χ0v) is 18.5. The van der Waals surface area contributed by atoms with Crippen LogP contribution in [0.1, 0.15) is 18.3 Å². The van der Waals surface area contributed by atoms with Crippen molar-refractivity contribution in [1.82, 2.24) is 19.5 Å². The van der Waals surface area contributed by atoms with Crippen molar-refractivity contribution in [2.24, 2.45) is 5.92 Å². The number of halogens is 1. The molecule has 1 unspecified atom stereocenters. The van der Waals surface area contributed by atoms with Gasteiger partial charge in [-0.05, 0) is 30.2 Å². The van der Waals surface area contributed by atoms with Crippen molar-refractivity contribution in [3.63, 3.8) is 0 Å². The highest BCUT2D eigenvalue weighted by molar-refractivity contribution is 6.35. The molecule has 10 heteroatoms. The average molecular weight is 461 g/mol. The molecule has 0 aliphatic heterocycles. The van der Waals surface area contributed by atoms with Gasteiger partial charge in [0.05, 0.1) is 21.6 Å². The van der Waals surface area contributed by atoms with Gasteiger partial charge in [0.2, 0.25) is 5.95 Å². The summed E-state index contributed by atoms with van der Waals surface area (Å²) in [6.45, 7) is 2.43. The van der Waals surface area contributed by atoms with E-state index in [1.807, 2.05) is 43.3 Å². The highest BCUT2D eigenvalue weighted by Gasteiger charge is 2.18. The molecule has 0 spiro atoms. The van der Waals surface area contributed by atoms with E-state index in [1.165, 1.54) is 0 Å². The molecule has 4 aromatic rings. The van der Waals surface area contributed by atoms with Gasteiger partial charge in [-0.1, -0.05) is 42.8 Å². The Morgan fingerprint density at radius 1 is 1.12 bits per heavy atom. The monoisotopic (exact) mass is 460 g/mol. The van der Waals surface area contributed by atoms with Gasteiger partial charge in [0.25, 0.3) is 5.56 Å². The van der Waals surface area contributed by atoms with Crippen LogP contribution in [0.25, 0.3) is 16.6 Å². The normalized spacial score (nSPS) is 11.8. The van der Waals surface area contributed by atoms with E-state index >= 15 is 0 Å². The molecule has 2 aromatic heterocycles. The van der Waals surface area contributed by atoms with Gasteiger partial charge in [0.1, 0.15) is 23.3 Å². The number of rotatable bonds is 6. The second kappa shape index (κ2) is 9.14. The molecule has 0 radical (unpaired) electrons. The standard InChI is InChI=1S/C23H21ClN8O/c1-13(12-28-21-15(11-25)20(26)30-23(27)31-21)10-18-29-17-9-5-8-16(24)19(17)22(33)32(18)14-6-3-2-4-7-14/h2-9,13H,10,12H2,1H3,(H5,26,27,28,30,31). The second-order valence-electron chi connectivity index (χ2n) is 7.63. The summed E-state index contributed by atoms with van der Waals surface area (Å²) < 4.78 is 1.59. The number of aromatic nitrogens is 4. The minimum atomic E-state index is -0.227. The summed E-state index contributed by atoms with van der Waals surface area (Å²) in [5.41, 5.74) is 12.6. The number of nitrogens with zero attached hydrogens (tertiary/aromatic N) is 5. The van der Waals surface area contributed by atoms with E-state index in [4.69, 9.17) is 28.1 Å². The van der Waals surface area contributed by atoms with E-state index in [9.17, 15) is 10.1 Å². The lowest BCUT2D eigenvalue weighted by Gasteiger charge is -2.18. The molecule has 5 N–H and O–H groups in total. The molecule has 4 rings (SSSR count). The van der Waals surface area contributed by atoms with E-state index in [0.29, 0.717) is 40.4 Å². The third-order valence-electron chi connectivity index (χ3n) is 5.15. The Bertz CT molecular complexity index is 1430. The quantitative estimate of drug-likeness (QED) is 0.397. The molecule has 0 aliphatic carbocycles.